The van der Waals surface area contributed by atoms with Crippen LogP contribution in [0.5, 0.6) is 0 Å². The highest BCUT2D eigenvalue weighted by molar-refractivity contribution is 6.45. The molecule has 8 heteroatoms. The third-order valence-electron chi connectivity index (χ3n) is 5.06. The lowest BCUT2D eigenvalue weighted by molar-refractivity contribution is -0.384. The second-order valence-corrected chi connectivity index (χ2v) is 6.84. The fourth-order valence-electron chi connectivity index (χ4n) is 3.34. The topological polar surface area (TPSA) is 104 Å². The molecule has 150 valence electrons. The van der Waals surface area contributed by atoms with Crippen LogP contribution < -0.4 is 4.90 Å². The zero-order chi connectivity index (χ0) is 21.3. The van der Waals surface area contributed by atoms with Gasteiger partial charge in [0.05, 0.1) is 22.8 Å². The number of carbonyl (C=O) groups excluding carboxylic acids is 2. The maximum absolute atomic E-state index is 13.3. The summed E-state index contributed by atoms with van der Waals surface area (Å²) in [5, 5.41) is 20.3. The van der Waals surface area contributed by atoms with E-state index in [4.69, 9.17) is 0 Å². The van der Waals surface area contributed by atoms with Gasteiger partial charge >= 0.3 is 0 Å². The van der Waals surface area contributed by atoms with Crippen LogP contribution >= 0.6 is 0 Å². The van der Waals surface area contributed by atoms with Gasteiger partial charge in [-0.15, -0.1) is 0 Å². The molecule has 29 heavy (non-hydrogen) atoms. The Bertz CT molecular complexity index is 1030. The van der Waals surface area contributed by atoms with Crippen molar-refractivity contribution in [3.8, 4) is 0 Å². The number of anilines is 1. The first-order valence-electron chi connectivity index (χ1n) is 9.04. The van der Waals surface area contributed by atoms with Crippen molar-refractivity contribution in [1.29, 1.82) is 0 Å². The first kappa shape index (κ1) is 20.2. The van der Waals surface area contributed by atoms with Crippen molar-refractivity contribution < 1.29 is 19.6 Å². The molecular weight excluding hydrogens is 374 g/mol. The molecule has 0 aliphatic carbocycles. The summed E-state index contributed by atoms with van der Waals surface area (Å²) in [5.74, 6) is -0.995. The Morgan fingerprint density at radius 3 is 2.31 bits per heavy atom. The van der Waals surface area contributed by atoms with Gasteiger partial charge in [-0.3, -0.25) is 19.7 Å². The number of hydrogen-bond donors (Lipinski definition) is 1. The minimum Gasteiger partial charge on any atom is -0.395 e. The van der Waals surface area contributed by atoms with Crippen LogP contribution in [0.4, 0.5) is 11.4 Å². The Balaban J connectivity index is 2.15. The van der Waals surface area contributed by atoms with Crippen molar-refractivity contribution in [3.63, 3.8) is 0 Å². The first-order valence-corrected chi connectivity index (χ1v) is 9.04. The molecule has 1 heterocycles. The molecule has 2 amide bonds. The third-order valence-corrected chi connectivity index (χ3v) is 5.06. The number of imide groups is 1. The van der Waals surface area contributed by atoms with E-state index >= 15 is 0 Å². The summed E-state index contributed by atoms with van der Waals surface area (Å²) in [7, 11) is 1.62. The van der Waals surface area contributed by atoms with Gasteiger partial charge in [0.25, 0.3) is 17.5 Å². The maximum Gasteiger partial charge on any atom is 0.282 e. The summed E-state index contributed by atoms with van der Waals surface area (Å²) < 4.78 is 0. The summed E-state index contributed by atoms with van der Waals surface area (Å²) in [4.78, 5) is 39.7. The minimum atomic E-state index is -0.527. The number of nitro groups is 1. The molecule has 0 saturated carbocycles. The molecule has 2 aromatic rings. The highest BCUT2D eigenvalue weighted by Crippen LogP contribution is 2.36. The van der Waals surface area contributed by atoms with Gasteiger partial charge in [0.2, 0.25) is 0 Å². The fraction of sp³-hybridized carbons (Fsp3) is 0.238. The normalized spacial score (nSPS) is 14.0. The molecule has 0 atom stereocenters. The zero-order valence-corrected chi connectivity index (χ0v) is 16.4. The van der Waals surface area contributed by atoms with Crippen LogP contribution in [0.3, 0.4) is 0 Å². The van der Waals surface area contributed by atoms with Crippen molar-refractivity contribution in [3.05, 3.63) is 75.0 Å². The van der Waals surface area contributed by atoms with Crippen LogP contribution in [-0.4, -0.2) is 46.9 Å². The molecule has 0 saturated heterocycles. The predicted octanol–water partition coefficient (Wildman–Crippen LogP) is 2.42. The summed E-state index contributed by atoms with van der Waals surface area (Å²) in [6, 6.07) is 10.9. The zero-order valence-electron chi connectivity index (χ0n) is 16.4. The molecule has 0 aromatic heterocycles. The van der Waals surface area contributed by atoms with Gasteiger partial charge < -0.3 is 10.0 Å². The van der Waals surface area contributed by atoms with Crippen LogP contribution in [0, 0.1) is 24.0 Å². The second-order valence-electron chi connectivity index (χ2n) is 6.84. The predicted molar refractivity (Wildman–Crippen MR) is 108 cm³/mol. The molecular formula is C21H21N3O5. The van der Waals surface area contributed by atoms with Crippen molar-refractivity contribution in [2.75, 3.05) is 25.1 Å². The number of carbonyl (C=O) groups is 2. The van der Waals surface area contributed by atoms with Gasteiger partial charge in [0, 0.05) is 25.7 Å². The first-order chi connectivity index (χ1) is 13.8. The number of amides is 2. The van der Waals surface area contributed by atoms with Crippen LogP contribution in [0.1, 0.15) is 16.7 Å². The Morgan fingerprint density at radius 2 is 1.72 bits per heavy atom. The monoisotopic (exact) mass is 395 g/mol. The van der Waals surface area contributed by atoms with Crippen LogP contribution in [0.25, 0.3) is 5.57 Å². The number of nitro benzene ring substituents is 1. The van der Waals surface area contributed by atoms with E-state index in [0.717, 1.165) is 16.0 Å². The van der Waals surface area contributed by atoms with Gasteiger partial charge in [-0.2, -0.15) is 0 Å². The number of hydrogen-bond acceptors (Lipinski definition) is 6. The SMILES string of the molecule is Cc1cccc(N2C(=O)C(c3ccc([N+](=O)[O-])cc3)=C(N(C)CCO)C2=O)c1C. The average Bonchev–Trinajstić information content (AvgIpc) is 2.95. The van der Waals surface area contributed by atoms with Crippen molar-refractivity contribution in [1.82, 2.24) is 4.90 Å². The van der Waals surface area contributed by atoms with Gasteiger partial charge in [0.15, 0.2) is 0 Å². The minimum absolute atomic E-state index is 0.109. The smallest absolute Gasteiger partial charge is 0.282 e. The van der Waals surface area contributed by atoms with E-state index in [9.17, 15) is 24.8 Å². The number of aliphatic hydroxyl groups excluding tert-OH is 1. The summed E-state index contributed by atoms with van der Waals surface area (Å²) >= 11 is 0. The van der Waals surface area contributed by atoms with Crippen molar-refractivity contribution in [2.45, 2.75) is 13.8 Å². The number of likely N-dealkylation sites (N-methyl/N-ethyl adjacent to an activating group) is 1. The molecule has 1 aliphatic heterocycles. The Kier molecular flexibility index (Phi) is 5.47. The van der Waals surface area contributed by atoms with E-state index in [1.54, 1.807) is 19.2 Å². The maximum atomic E-state index is 13.3. The lowest BCUT2D eigenvalue weighted by Crippen LogP contribution is -2.35. The molecule has 2 aromatic carbocycles. The molecule has 3 rings (SSSR count). The number of aryl methyl sites for hydroxylation is 1. The molecule has 0 bridgehead atoms. The van der Waals surface area contributed by atoms with E-state index < -0.39 is 16.7 Å². The van der Waals surface area contributed by atoms with E-state index in [-0.39, 0.29) is 30.1 Å². The lowest BCUT2D eigenvalue weighted by Gasteiger charge is -2.21. The van der Waals surface area contributed by atoms with E-state index in [1.807, 2.05) is 19.9 Å². The van der Waals surface area contributed by atoms with Crippen molar-refractivity contribution in [2.24, 2.45) is 0 Å². The molecule has 0 fully saturated rings. The van der Waals surface area contributed by atoms with Gasteiger partial charge in [-0.25, -0.2) is 4.90 Å². The second kappa shape index (κ2) is 7.84. The van der Waals surface area contributed by atoms with Crippen LogP contribution in [-0.2, 0) is 9.59 Å². The van der Waals surface area contributed by atoms with Gasteiger partial charge in [-0.05, 0) is 48.7 Å². The van der Waals surface area contributed by atoms with E-state index in [0.29, 0.717) is 11.3 Å². The third kappa shape index (κ3) is 3.50. The fourth-order valence-corrected chi connectivity index (χ4v) is 3.34. The van der Waals surface area contributed by atoms with Crippen molar-refractivity contribution >= 4 is 28.8 Å². The standard InChI is InChI=1S/C21H21N3O5/c1-13-5-4-6-17(14(13)2)23-20(26)18(19(21(23)27)22(3)11-12-25)15-7-9-16(10-8-15)24(28)29/h4-10,25H,11-12H2,1-3H3. The quantitative estimate of drug-likeness (QED) is 0.458. The van der Waals surface area contributed by atoms with E-state index in [1.165, 1.54) is 29.2 Å². The van der Waals surface area contributed by atoms with E-state index in [2.05, 4.69) is 0 Å². The molecule has 1 aliphatic rings. The highest BCUT2D eigenvalue weighted by Gasteiger charge is 2.42. The lowest BCUT2D eigenvalue weighted by atomic mass is 10.0. The molecule has 8 nitrogen and oxygen atoms in total. The molecule has 1 N–H and O–H groups in total. The number of rotatable bonds is 6. The summed E-state index contributed by atoms with van der Waals surface area (Å²) in [6.07, 6.45) is 0. The van der Waals surface area contributed by atoms with Gasteiger partial charge in [0.1, 0.15) is 5.70 Å². The molecule has 0 spiro atoms. The summed E-state index contributed by atoms with van der Waals surface area (Å²) in [6.45, 7) is 3.70. The number of non-ortho nitro benzene ring substituents is 1. The Morgan fingerprint density at radius 1 is 1.07 bits per heavy atom. The largest absolute Gasteiger partial charge is 0.395 e. The Hall–Kier alpha value is -3.52. The highest BCUT2D eigenvalue weighted by atomic mass is 16.6. The Labute approximate surface area is 167 Å². The van der Waals surface area contributed by atoms with Crippen LogP contribution in [0.2, 0.25) is 0 Å². The molecule has 0 radical (unpaired) electrons. The van der Waals surface area contributed by atoms with Crippen LogP contribution in [0.15, 0.2) is 48.2 Å². The summed E-state index contributed by atoms with van der Waals surface area (Å²) in [5.41, 5.74) is 2.84. The molecule has 0 unspecified atom stereocenters. The number of benzene rings is 2. The number of aliphatic hydroxyl groups is 1. The average molecular weight is 395 g/mol. The number of nitrogens with zero attached hydrogens (tertiary/aromatic N) is 3. The van der Waals surface area contributed by atoms with Gasteiger partial charge in [-0.1, -0.05) is 12.1 Å².